The van der Waals surface area contributed by atoms with E-state index in [1.54, 1.807) is 4.90 Å². The Bertz CT molecular complexity index is 856. The highest BCUT2D eigenvalue weighted by Crippen LogP contribution is 2.29. The standard InChI is InChI=1S/C23H27N3O2/c1-2-17-7-3-4-8-21(17)24-23(28)18-15-22(27)26(16-18)20-11-9-19(10-12-20)25-13-5-6-14-25/h3-4,7-12,18H,2,5-6,13-16H2,1H3,(H,24,28). The van der Waals surface area contributed by atoms with Crippen molar-refractivity contribution < 1.29 is 9.59 Å². The molecular weight excluding hydrogens is 350 g/mol. The average Bonchev–Trinajstić information content (AvgIpc) is 3.38. The summed E-state index contributed by atoms with van der Waals surface area (Å²) in [5.74, 6) is -0.390. The number of nitrogens with zero attached hydrogens (tertiary/aromatic N) is 2. The third kappa shape index (κ3) is 3.75. The maximum absolute atomic E-state index is 12.7. The molecule has 1 N–H and O–H groups in total. The molecule has 0 saturated carbocycles. The number of aryl methyl sites for hydroxylation is 1. The Balaban J connectivity index is 1.42. The first-order valence-corrected chi connectivity index (χ1v) is 10.2. The van der Waals surface area contributed by atoms with E-state index in [9.17, 15) is 9.59 Å². The van der Waals surface area contributed by atoms with Gasteiger partial charge in [0.1, 0.15) is 0 Å². The zero-order valence-electron chi connectivity index (χ0n) is 16.4. The van der Waals surface area contributed by atoms with Gasteiger partial charge in [-0.15, -0.1) is 0 Å². The number of para-hydroxylation sites is 1. The van der Waals surface area contributed by atoms with Crippen molar-refractivity contribution in [3.63, 3.8) is 0 Å². The second kappa shape index (κ2) is 8.05. The molecule has 28 heavy (non-hydrogen) atoms. The average molecular weight is 377 g/mol. The normalized spacial score (nSPS) is 19.3. The monoisotopic (exact) mass is 377 g/mol. The molecule has 4 rings (SSSR count). The number of amides is 2. The second-order valence-corrected chi connectivity index (χ2v) is 7.62. The lowest BCUT2D eigenvalue weighted by molar-refractivity contribution is -0.122. The smallest absolute Gasteiger partial charge is 0.229 e. The lowest BCUT2D eigenvalue weighted by Gasteiger charge is -2.21. The van der Waals surface area contributed by atoms with Gasteiger partial charge < -0.3 is 15.1 Å². The van der Waals surface area contributed by atoms with Crippen LogP contribution in [0.4, 0.5) is 17.1 Å². The van der Waals surface area contributed by atoms with Crippen LogP contribution in [0.1, 0.15) is 31.7 Å². The first-order valence-electron chi connectivity index (χ1n) is 10.2. The molecule has 2 aliphatic heterocycles. The summed E-state index contributed by atoms with van der Waals surface area (Å²) >= 11 is 0. The van der Waals surface area contributed by atoms with E-state index < -0.39 is 0 Å². The molecule has 5 heteroatoms. The number of carbonyl (C=O) groups is 2. The van der Waals surface area contributed by atoms with Gasteiger partial charge in [-0.2, -0.15) is 0 Å². The first kappa shape index (κ1) is 18.5. The van der Waals surface area contributed by atoms with Gasteiger partial charge in [-0.3, -0.25) is 9.59 Å². The Morgan fingerprint density at radius 2 is 1.71 bits per heavy atom. The number of hydrogen-bond donors (Lipinski definition) is 1. The van der Waals surface area contributed by atoms with Crippen molar-refractivity contribution in [2.75, 3.05) is 34.8 Å². The number of anilines is 3. The van der Waals surface area contributed by atoms with Gasteiger partial charge in [0.25, 0.3) is 0 Å². The highest BCUT2D eigenvalue weighted by atomic mass is 16.2. The number of hydrogen-bond acceptors (Lipinski definition) is 3. The summed E-state index contributed by atoms with van der Waals surface area (Å²) in [6.45, 7) is 4.70. The summed E-state index contributed by atoms with van der Waals surface area (Å²) in [5.41, 5.74) is 4.03. The molecule has 1 unspecified atom stereocenters. The molecule has 2 heterocycles. The van der Waals surface area contributed by atoms with Gasteiger partial charge >= 0.3 is 0 Å². The second-order valence-electron chi connectivity index (χ2n) is 7.62. The topological polar surface area (TPSA) is 52.7 Å². The van der Waals surface area contributed by atoms with Gasteiger partial charge in [0.15, 0.2) is 0 Å². The van der Waals surface area contributed by atoms with Gasteiger partial charge in [0.2, 0.25) is 11.8 Å². The maximum Gasteiger partial charge on any atom is 0.229 e. The fourth-order valence-corrected chi connectivity index (χ4v) is 4.14. The van der Waals surface area contributed by atoms with Crippen molar-refractivity contribution in [3.05, 3.63) is 54.1 Å². The Kier molecular flexibility index (Phi) is 5.33. The molecule has 2 saturated heterocycles. The first-order chi connectivity index (χ1) is 13.7. The summed E-state index contributed by atoms with van der Waals surface area (Å²) in [7, 11) is 0. The molecule has 2 aromatic carbocycles. The number of carbonyl (C=O) groups excluding carboxylic acids is 2. The van der Waals surface area contributed by atoms with Crippen LogP contribution in [0.15, 0.2) is 48.5 Å². The van der Waals surface area contributed by atoms with Crippen molar-refractivity contribution in [1.82, 2.24) is 0 Å². The van der Waals surface area contributed by atoms with E-state index in [2.05, 4.69) is 29.3 Å². The SMILES string of the molecule is CCc1ccccc1NC(=O)C1CC(=O)N(c2ccc(N3CCCC3)cc2)C1. The molecule has 0 spiro atoms. The minimum absolute atomic E-state index is 0.0119. The zero-order valence-corrected chi connectivity index (χ0v) is 16.4. The van der Waals surface area contributed by atoms with E-state index in [1.165, 1.54) is 18.5 Å². The van der Waals surface area contributed by atoms with Gasteiger partial charge in [-0.05, 0) is 55.2 Å². The van der Waals surface area contributed by atoms with Gasteiger partial charge in [0.05, 0.1) is 5.92 Å². The number of nitrogens with one attached hydrogen (secondary N) is 1. The molecule has 2 aromatic rings. The van der Waals surface area contributed by atoms with Crippen molar-refractivity contribution >= 4 is 28.9 Å². The van der Waals surface area contributed by atoms with Crippen LogP contribution in [0.3, 0.4) is 0 Å². The van der Waals surface area contributed by atoms with Crippen LogP contribution in [0.25, 0.3) is 0 Å². The molecule has 0 aliphatic carbocycles. The summed E-state index contributed by atoms with van der Waals surface area (Å²) in [6.07, 6.45) is 3.60. The molecule has 0 aromatic heterocycles. The molecule has 2 amide bonds. The summed E-state index contributed by atoms with van der Waals surface area (Å²) in [4.78, 5) is 29.4. The molecule has 2 fully saturated rings. The highest BCUT2D eigenvalue weighted by Gasteiger charge is 2.35. The van der Waals surface area contributed by atoms with Gasteiger partial charge in [-0.1, -0.05) is 25.1 Å². The molecule has 1 atom stereocenters. The minimum atomic E-state index is -0.323. The number of benzene rings is 2. The Hall–Kier alpha value is -2.82. The van der Waals surface area contributed by atoms with Crippen LogP contribution in [-0.2, 0) is 16.0 Å². The van der Waals surface area contributed by atoms with Crippen LogP contribution in [0.2, 0.25) is 0 Å². The summed E-state index contributed by atoms with van der Waals surface area (Å²) in [6, 6.07) is 16.0. The summed E-state index contributed by atoms with van der Waals surface area (Å²) in [5, 5.41) is 3.02. The van der Waals surface area contributed by atoms with Crippen molar-refractivity contribution in [3.8, 4) is 0 Å². The lowest BCUT2D eigenvalue weighted by Crippen LogP contribution is -2.28. The highest BCUT2D eigenvalue weighted by molar-refractivity contribution is 6.03. The van der Waals surface area contributed by atoms with E-state index in [-0.39, 0.29) is 24.2 Å². The van der Waals surface area contributed by atoms with Crippen molar-refractivity contribution in [2.45, 2.75) is 32.6 Å². The van der Waals surface area contributed by atoms with Gasteiger partial charge in [-0.25, -0.2) is 0 Å². The van der Waals surface area contributed by atoms with E-state index in [4.69, 9.17) is 0 Å². The van der Waals surface area contributed by atoms with Crippen LogP contribution in [-0.4, -0.2) is 31.4 Å². The molecule has 0 bridgehead atoms. The van der Waals surface area contributed by atoms with Gasteiger partial charge in [0, 0.05) is 43.1 Å². The van der Waals surface area contributed by atoms with Crippen LogP contribution >= 0.6 is 0 Å². The lowest BCUT2D eigenvalue weighted by atomic mass is 10.1. The predicted octanol–water partition coefficient (Wildman–Crippen LogP) is 3.84. The molecule has 5 nitrogen and oxygen atoms in total. The molecule has 0 radical (unpaired) electrons. The zero-order chi connectivity index (χ0) is 19.5. The van der Waals surface area contributed by atoms with E-state index in [0.29, 0.717) is 6.54 Å². The predicted molar refractivity (Wildman–Crippen MR) is 113 cm³/mol. The summed E-state index contributed by atoms with van der Waals surface area (Å²) < 4.78 is 0. The van der Waals surface area contributed by atoms with E-state index in [1.807, 2.05) is 36.4 Å². The fourth-order valence-electron chi connectivity index (χ4n) is 4.14. The number of rotatable bonds is 5. The Morgan fingerprint density at radius 1 is 1.04 bits per heavy atom. The third-order valence-electron chi connectivity index (χ3n) is 5.78. The molecular formula is C23H27N3O2. The maximum atomic E-state index is 12.7. The van der Waals surface area contributed by atoms with E-state index >= 15 is 0 Å². The molecule has 146 valence electrons. The minimum Gasteiger partial charge on any atom is -0.372 e. The van der Waals surface area contributed by atoms with Crippen molar-refractivity contribution in [1.29, 1.82) is 0 Å². The quantitative estimate of drug-likeness (QED) is 0.861. The van der Waals surface area contributed by atoms with Crippen LogP contribution in [0, 0.1) is 5.92 Å². The largest absolute Gasteiger partial charge is 0.372 e. The molecule has 2 aliphatic rings. The van der Waals surface area contributed by atoms with Crippen LogP contribution < -0.4 is 15.1 Å². The van der Waals surface area contributed by atoms with Crippen LogP contribution in [0.5, 0.6) is 0 Å². The third-order valence-corrected chi connectivity index (χ3v) is 5.78. The van der Waals surface area contributed by atoms with Crippen molar-refractivity contribution in [2.24, 2.45) is 5.92 Å². The van der Waals surface area contributed by atoms with E-state index in [0.717, 1.165) is 36.4 Å². The Labute approximate surface area is 166 Å². The fraction of sp³-hybridized carbons (Fsp3) is 0.391. The Morgan fingerprint density at radius 3 is 2.43 bits per heavy atom.